The fourth-order valence-electron chi connectivity index (χ4n) is 2.66. The van der Waals surface area contributed by atoms with Gasteiger partial charge in [0.15, 0.2) is 0 Å². The second-order valence-electron chi connectivity index (χ2n) is 5.33. The van der Waals surface area contributed by atoms with Gasteiger partial charge in [-0.1, -0.05) is 62.4 Å². The Bertz CT molecular complexity index is 360. The molecule has 1 fully saturated rings. The Kier molecular flexibility index (Phi) is 5.32. The Morgan fingerprint density at radius 3 is 2.61 bits per heavy atom. The lowest BCUT2D eigenvalue weighted by Gasteiger charge is -2.20. The van der Waals surface area contributed by atoms with Gasteiger partial charge < -0.3 is 4.74 Å². The van der Waals surface area contributed by atoms with Gasteiger partial charge in [-0.25, -0.2) is 0 Å². The SMILES string of the molecule is C/C(=C\OCCC1CCCCC1)c1ccccc1. The first-order valence-electron chi connectivity index (χ1n) is 7.20. The van der Waals surface area contributed by atoms with Crippen molar-refractivity contribution in [2.45, 2.75) is 45.4 Å². The highest BCUT2D eigenvalue weighted by atomic mass is 16.5. The maximum atomic E-state index is 5.69. The summed E-state index contributed by atoms with van der Waals surface area (Å²) in [5, 5.41) is 0. The van der Waals surface area contributed by atoms with E-state index in [4.69, 9.17) is 4.74 Å². The molecule has 1 heteroatoms. The van der Waals surface area contributed by atoms with Gasteiger partial charge in [0.25, 0.3) is 0 Å². The van der Waals surface area contributed by atoms with E-state index >= 15 is 0 Å². The van der Waals surface area contributed by atoms with E-state index in [1.54, 1.807) is 0 Å². The van der Waals surface area contributed by atoms with Gasteiger partial charge in [-0.15, -0.1) is 0 Å². The average molecular weight is 244 g/mol. The summed E-state index contributed by atoms with van der Waals surface area (Å²) in [6.45, 7) is 2.98. The number of rotatable bonds is 5. The van der Waals surface area contributed by atoms with Crippen LogP contribution in [0.1, 0.15) is 51.0 Å². The van der Waals surface area contributed by atoms with Crippen LogP contribution in [-0.2, 0) is 4.74 Å². The Balaban J connectivity index is 1.70. The molecule has 0 aliphatic heterocycles. The zero-order valence-electron chi connectivity index (χ0n) is 11.4. The van der Waals surface area contributed by atoms with Crippen molar-refractivity contribution in [1.82, 2.24) is 0 Å². The molecule has 0 N–H and O–H groups in total. The largest absolute Gasteiger partial charge is 0.501 e. The van der Waals surface area contributed by atoms with Gasteiger partial charge in [0, 0.05) is 0 Å². The van der Waals surface area contributed by atoms with Crippen LogP contribution in [0.15, 0.2) is 36.6 Å². The van der Waals surface area contributed by atoms with Gasteiger partial charge in [0.1, 0.15) is 0 Å². The Labute approximate surface area is 111 Å². The third-order valence-electron chi connectivity index (χ3n) is 3.86. The van der Waals surface area contributed by atoms with Crippen molar-refractivity contribution in [1.29, 1.82) is 0 Å². The van der Waals surface area contributed by atoms with Gasteiger partial charge in [0.2, 0.25) is 0 Å². The van der Waals surface area contributed by atoms with E-state index in [2.05, 4.69) is 31.2 Å². The average Bonchev–Trinajstić information content (AvgIpc) is 2.45. The van der Waals surface area contributed by atoms with Crippen LogP contribution in [0.3, 0.4) is 0 Å². The molecule has 0 atom stereocenters. The van der Waals surface area contributed by atoms with Crippen molar-refractivity contribution in [3.05, 3.63) is 42.2 Å². The highest BCUT2D eigenvalue weighted by Gasteiger charge is 2.12. The van der Waals surface area contributed by atoms with Crippen molar-refractivity contribution in [3.8, 4) is 0 Å². The highest BCUT2D eigenvalue weighted by Crippen LogP contribution is 2.26. The minimum Gasteiger partial charge on any atom is -0.501 e. The van der Waals surface area contributed by atoms with Crippen molar-refractivity contribution in [3.63, 3.8) is 0 Å². The van der Waals surface area contributed by atoms with E-state index in [-0.39, 0.29) is 0 Å². The van der Waals surface area contributed by atoms with Crippen molar-refractivity contribution >= 4 is 5.57 Å². The number of benzene rings is 1. The number of hydrogen-bond acceptors (Lipinski definition) is 1. The lowest BCUT2D eigenvalue weighted by molar-refractivity contribution is 0.204. The monoisotopic (exact) mass is 244 g/mol. The molecule has 0 unspecified atom stereocenters. The lowest BCUT2D eigenvalue weighted by Crippen LogP contribution is -2.08. The first-order valence-corrected chi connectivity index (χ1v) is 7.20. The van der Waals surface area contributed by atoms with E-state index in [0.717, 1.165) is 12.5 Å². The minimum absolute atomic E-state index is 0.870. The first kappa shape index (κ1) is 13.2. The van der Waals surface area contributed by atoms with Crippen molar-refractivity contribution in [2.24, 2.45) is 5.92 Å². The number of hydrogen-bond donors (Lipinski definition) is 0. The molecule has 0 bridgehead atoms. The summed E-state index contributed by atoms with van der Waals surface area (Å²) in [5.74, 6) is 0.907. The molecule has 1 aromatic rings. The standard InChI is InChI=1S/C17H24O/c1-15(17-10-6-3-7-11-17)14-18-13-12-16-8-4-2-5-9-16/h3,6-7,10-11,14,16H,2,4-5,8-9,12-13H2,1H3/b15-14+. The van der Waals surface area contributed by atoms with Crippen LogP contribution in [0.4, 0.5) is 0 Å². The molecule has 1 aliphatic carbocycles. The highest BCUT2D eigenvalue weighted by molar-refractivity contribution is 5.62. The molecule has 0 radical (unpaired) electrons. The van der Waals surface area contributed by atoms with Crippen LogP contribution in [-0.4, -0.2) is 6.61 Å². The summed E-state index contributed by atoms with van der Waals surface area (Å²) in [4.78, 5) is 0. The van der Waals surface area contributed by atoms with Gasteiger partial charge in [-0.2, -0.15) is 0 Å². The molecule has 0 saturated heterocycles. The molecule has 2 rings (SSSR count). The summed E-state index contributed by atoms with van der Waals surface area (Å²) in [6.07, 6.45) is 10.2. The number of ether oxygens (including phenoxy) is 1. The van der Waals surface area contributed by atoms with Gasteiger partial charge >= 0.3 is 0 Å². The van der Waals surface area contributed by atoms with Crippen LogP contribution in [0.2, 0.25) is 0 Å². The summed E-state index contributed by atoms with van der Waals surface area (Å²) in [5.41, 5.74) is 2.45. The molecule has 0 aromatic heterocycles. The number of allylic oxidation sites excluding steroid dienone is 1. The van der Waals surface area contributed by atoms with E-state index in [1.165, 1.54) is 49.7 Å². The van der Waals surface area contributed by atoms with E-state index < -0.39 is 0 Å². The fourth-order valence-corrected chi connectivity index (χ4v) is 2.66. The second kappa shape index (κ2) is 7.25. The predicted octanol–water partition coefficient (Wildman–Crippen LogP) is 5.03. The topological polar surface area (TPSA) is 9.23 Å². The first-order chi connectivity index (χ1) is 8.86. The summed E-state index contributed by atoms with van der Waals surface area (Å²) in [6, 6.07) is 10.4. The lowest BCUT2D eigenvalue weighted by atomic mass is 9.87. The molecule has 18 heavy (non-hydrogen) atoms. The molecule has 1 aliphatic rings. The molecule has 0 spiro atoms. The van der Waals surface area contributed by atoms with Gasteiger partial charge in [0.05, 0.1) is 12.9 Å². The zero-order chi connectivity index (χ0) is 12.6. The third-order valence-corrected chi connectivity index (χ3v) is 3.86. The van der Waals surface area contributed by atoms with Gasteiger partial charge in [-0.05, 0) is 30.4 Å². The third kappa shape index (κ3) is 4.21. The Morgan fingerprint density at radius 1 is 1.17 bits per heavy atom. The maximum Gasteiger partial charge on any atom is 0.0876 e. The molecule has 0 heterocycles. The van der Waals surface area contributed by atoms with E-state index in [9.17, 15) is 0 Å². The molecule has 0 amide bonds. The molecule has 1 nitrogen and oxygen atoms in total. The van der Waals surface area contributed by atoms with Crippen LogP contribution < -0.4 is 0 Å². The molecule has 1 saturated carbocycles. The van der Waals surface area contributed by atoms with Gasteiger partial charge in [-0.3, -0.25) is 0 Å². The fraction of sp³-hybridized carbons (Fsp3) is 0.529. The summed E-state index contributed by atoms with van der Waals surface area (Å²) < 4.78 is 5.69. The van der Waals surface area contributed by atoms with E-state index in [0.29, 0.717) is 0 Å². The van der Waals surface area contributed by atoms with E-state index in [1.807, 2.05) is 12.3 Å². The quantitative estimate of drug-likeness (QED) is 0.521. The van der Waals surface area contributed by atoms with Crippen molar-refractivity contribution < 1.29 is 4.74 Å². The Hall–Kier alpha value is -1.24. The summed E-state index contributed by atoms with van der Waals surface area (Å²) in [7, 11) is 0. The maximum absolute atomic E-state index is 5.69. The minimum atomic E-state index is 0.870. The second-order valence-corrected chi connectivity index (χ2v) is 5.33. The van der Waals surface area contributed by atoms with Crippen LogP contribution in [0.25, 0.3) is 5.57 Å². The molecular weight excluding hydrogens is 220 g/mol. The molecule has 1 aromatic carbocycles. The van der Waals surface area contributed by atoms with Crippen LogP contribution in [0, 0.1) is 5.92 Å². The van der Waals surface area contributed by atoms with Crippen LogP contribution in [0.5, 0.6) is 0 Å². The Morgan fingerprint density at radius 2 is 1.89 bits per heavy atom. The summed E-state index contributed by atoms with van der Waals surface area (Å²) >= 11 is 0. The normalized spacial score (nSPS) is 17.7. The molecule has 98 valence electrons. The zero-order valence-corrected chi connectivity index (χ0v) is 11.4. The van der Waals surface area contributed by atoms with Crippen molar-refractivity contribution in [2.75, 3.05) is 6.61 Å². The van der Waals surface area contributed by atoms with Crippen LogP contribution >= 0.6 is 0 Å². The smallest absolute Gasteiger partial charge is 0.0876 e. The molecular formula is C17H24O. The predicted molar refractivity (Wildman–Crippen MR) is 77.2 cm³/mol.